The Kier molecular flexibility index (Phi) is 5.98. The van der Waals surface area contributed by atoms with Gasteiger partial charge in [-0.3, -0.25) is 4.90 Å². The first-order chi connectivity index (χ1) is 11.6. The number of fused-ring (bicyclic) bond motifs is 2. The lowest BCUT2D eigenvalue weighted by molar-refractivity contribution is 0.237. The number of para-hydroxylation sites is 1. The number of hydrogen-bond donors (Lipinski definition) is 0. The van der Waals surface area contributed by atoms with Crippen LogP contribution < -0.4 is 4.90 Å². The van der Waals surface area contributed by atoms with Gasteiger partial charge in [0.05, 0.1) is 11.4 Å². The number of halogens is 2. The van der Waals surface area contributed by atoms with Crippen molar-refractivity contribution in [3.05, 3.63) is 47.5 Å². The van der Waals surface area contributed by atoms with Crippen LogP contribution >= 0.6 is 35.0 Å². The molecule has 1 heterocycles. The van der Waals surface area contributed by atoms with Crippen LogP contribution in [0, 0.1) is 0 Å². The highest BCUT2D eigenvalue weighted by molar-refractivity contribution is 7.99. The zero-order chi connectivity index (χ0) is 17.1. The Labute approximate surface area is 158 Å². The molecule has 0 saturated heterocycles. The van der Waals surface area contributed by atoms with E-state index in [1.54, 1.807) is 0 Å². The standard InChI is InChI=1S/C19H22Cl2N2S/c1-3-22(11-10-20)14(2)13-23-16-6-4-5-7-18(16)24-19-9-8-15(21)12-17(19)23/h4-9,12,14H,3,10-11,13H2,1-2H3. The first kappa shape index (κ1) is 17.9. The molecule has 0 N–H and O–H groups in total. The van der Waals surface area contributed by atoms with Crippen LogP contribution in [0.4, 0.5) is 11.4 Å². The molecule has 5 heteroatoms. The summed E-state index contributed by atoms with van der Waals surface area (Å²) in [4.78, 5) is 7.36. The normalized spacial score (nSPS) is 14.5. The first-order valence-electron chi connectivity index (χ1n) is 8.28. The summed E-state index contributed by atoms with van der Waals surface area (Å²) in [6.45, 7) is 7.28. The lowest BCUT2D eigenvalue weighted by atomic mass is 10.1. The van der Waals surface area contributed by atoms with Crippen LogP contribution in [0.2, 0.25) is 5.02 Å². The van der Waals surface area contributed by atoms with Crippen molar-refractivity contribution < 1.29 is 0 Å². The Bertz CT molecular complexity index is 708. The molecule has 1 aliphatic heterocycles. The predicted molar refractivity (Wildman–Crippen MR) is 106 cm³/mol. The van der Waals surface area contributed by atoms with Gasteiger partial charge in [0.2, 0.25) is 0 Å². The summed E-state index contributed by atoms with van der Waals surface area (Å²) in [5.41, 5.74) is 2.45. The molecule has 2 aromatic rings. The number of benzene rings is 2. The van der Waals surface area contributed by atoms with E-state index < -0.39 is 0 Å². The van der Waals surface area contributed by atoms with E-state index in [-0.39, 0.29) is 0 Å². The average molecular weight is 381 g/mol. The Balaban J connectivity index is 1.95. The molecule has 0 saturated carbocycles. The predicted octanol–water partition coefficient (Wildman–Crippen LogP) is 5.89. The average Bonchev–Trinajstić information content (AvgIpc) is 2.59. The van der Waals surface area contributed by atoms with Crippen molar-refractivity contribution in [3.8, 4) is 0 Å². The number of alkyl halides is 1. The molecule has 24 heavy (non-hydrogen) atoms. The molecule has 1 unspecified atom stereocenters. The van der Waals surface area contributed by atoms with E-state index in [0.717, 1.165) is 24.7 Å². The zero-order valence-electron chi connectivity index (χ0n) is 14.0. The van der Waals surface area contributed by atoms with Gasteiger partial charge in [0.15, 0.2) is 0 Å². The largest absolute Gasteiger partial charge is 0.338 e. The molecule has 0 amide bonds. The molecule has 1 aliphatic rings. The summed E-state index contributed by atoms with van der Waals surface area (Å²) in [7, 11) is 0. The van der Waals surface area contributed by atoms with Crippen LogP contribution in [-0.4, -0.2) is 36.5 Å². The van der Waals surface area contributed by atoms with Crippen molar-refractivity contribution in [3.63, 3.8) is 0 Å². The smallest absolute Gasteiger partial charge is 0.0568 e. The van der Waals surface area contributed by atoms with Crippen LogP contribution in [0.25, 0.3) is 0 Å². The van der Waals surface area contributed by atoms with E-state index in [0.29, 0.717) is 11.9 Å². The van der Waals surface area contributed by atoms with E-state index in [1.165, 1.54) is 21.2 Å². The van der Waals surface area contributed by atoms with Gasteiger partial charge in [0.25, 0.3) is 0 Å². The van der Waals surface area contributed by atoms with Crippen molar-refractivity contribution >= 4 is 46.3 Å². The fraction of sp³-hybridized carbons (Fsp3) is 0.368. The molecule has 1 atom stereocenters. The van der Waals surface area contributed by atoms with Crippen LogP contribution in [-0.2, 0) is 0 Å². The van der Waals surface area contributed by atoms with Gasteiger partial charge in [-0.2, -0.15) is 0 Å². The van der Waals surface area contributed by atoms with E-state index >= 15 is 0 Å². The van der Waals surface area contributed by atoms with Crippen molar-refractivity contribution in [1.82, 2.24) is 4.90 Å². The molecule has 0 aliphatic carbocycles. The quantitative estimate of drug-likeness (QED) is 0.576. The second-order valence-electron chi connectivity index (χ2n) is 5.96. The van der Waals surface area contributed by atoms with E-state index in [2.05, 4.69) is 60.0 Å². The highest BCUT2D eigenvalue weighted by Gasteiger charge is 2.26. The van der Waals surface area contributed by atoms with Crippen LogP contribution in [0.3, 0.4) is 0 Å². The minimum atomic E-state index is 0.400. The molecular formula is C19H22Cl2N2S. The van der Waals surface area contributed by atoms with Crippen molar-refractivity contribution in [2.45, 2.75) is 29.7 Å². The van der Waals surface area contributed by atoms with Crippen molar-refractivity contribution in [2.75, 3.05) is 30.4 Å². The molecule has 0 aromatic heterocycles. The van der Waals surface area contributed by atoms with Crippen molar-refractivity contribution in [2.24, 2.45) is 0 Å². The minimum absolute atomic E-state index is 0.400. The maximum absolute atomic E-state index is 6.28. The number of nitrogens with zero attached hydrogens (tertiary/aromatic N) is 2. The van der Waals surface area contributed by atoms with Gasteiger partial charge in [-0.05, 0) is 43.8 Å². The number of anilines is 2. The summed E-state index contributed by atoms with van der Waals surface area (Å²) in [5, 5.41) is 0.777. The van der Waals surface area contributed by atoms with Gasteiger partial charge in [0.1, 0.15) is 0 Å². The van der Waals surface area contributed by atoms with Crippen molar-refractivity contribution in [1.29, 1.82) is 0 Å². The van der Waals surface area contributed by atoms with Crippen LogP contribution in [0.5, 0.6) is 0 Å². The van der Waals surface area contributed by atoms with E-state index in [1.807, 2.05) is 17.8 Å². The summed E-state index contributed by atoms with van der Waals surface area (Å²) in [5.74, 6) is 0.660. The molecule has 0 fully saturated rings. The van der Waals surface area contributed by atoms with E-state index in [9.17, 15) is 0 Å². The monoisotopic (exact) mass is 380 g/mol. The highest BCUT2D eigenvalue weighted by atomic mass is 35.5. The third-order valence-corrected chi connectivity index (χ3v) is 5.97. The summed E-state index contributed by atoms with van der Waals surface area (Å²) >= 11 is 14.1. The third-order valence-electron chi connectivity index (χ3n) is 4.44. The second-order valence-corrected chi connectivity index (χ2v) is 7.86. The Morgan fingerprint density at radius 2 is 1.88 bits per heavy atom. The molecule has 0 spiro atoms. The molecule has 128 valence electrons. The topological polar surface area (TPSA) is 6.48 Å². The van der Waals surface area contributed by atoms with Gasteiger partial charge in [-0.1, -0.05) is 42.4 Å². The number of rotatable bonds is 6. The lowest BCUT2D eigenvalue weighted by Gasteiger charge is -2.37. The van der Waals surface area contributed by atoms with Crippen LogP contribution in [0.1, 0.15) is 13.8 Å². The maximum Gasteiger partial charge on any atom is 0.0568 e. The minimum Gasteiger partial charge on any atom is -0.338 e. The van der Waals surface area contributed by atoms with Crippen LogP contribution in [0.15, 0.2) is 52.3 Å². The number of hydrogen-bond acceptors (Lipinski definition) is 3. The summed E-state index contributed by atoms with van der Waals surface area (Å²) < 4.78 is 0. The molecule has 0 radical (unpaired) electrons. The summed E-state index contributed by atoms with van der Waals surface area (Å²) in [6, 6.07) is 15.1. The Hall–Kier alpha value is -0.870. The van der Waals surface area contributed by atoms with E-state index in [4.69, 9.17) is 23.2 Å². The van der Waals surface area contributed by atoms with Gasteiger partial charge < -0.3 is 4.90 Å². The molecule has 2 nitrogen and oxygen atoms in total. The first-order valence-corrected chi connectivity index (χ1v) is 10.0. The third kappa shape index (κ3) is 3.70. The molecule has 2 aromatic carbocycles. The lowest BCUT2D eigenvalue weighted by Crippen LogP contribution is -2.42. The highest BCUT2D eigenvalue weighted by Crippen LogP contribution is 2.48. The SMILES string of the molecule is CCN(CCCl)C(C)CN1c2ccccc2Sc2ccc(Cl)cc21. The summed E-state index contributed by atoms with van der Waals surface area (Å²) in [6.07, 6.45) is 0. The van der Waals surface area contributed by atoms with Gasteiger partial charge in [0, 0.05) is 39.8 Å². The van der Waals surface area contributed by atoms with Gasteiger partial charge in [-0.15, -0.1) is 11.6 Å². The molecular weight excluding hydrogens is 359 g/mol. The molecule has 0 bridgehead atoms. The second kappa shape index (κ2) is 8.01. The fourth-order valence-corrected chi connectivity index (χ4v) is 4.64. The maximum atomic E-state index is 6.28. The van der Waals surface area contributed by atoms with Gasteiger partial charge in [-0.25, -0.2) is 0 Å². The zero-order valence-corrected chi connectivity index (χ0v) is 16.3. The molecule has 3 rings (SSSR count). The Morgan fingerprint density at radius 3 is 2.62 bits per heavy atom. The van der Waals surface area contributed by atoms with Gasteiger partial charge >= 0.3 is 0 Å². The Morgan fingerprint density at radius 1 is 1.12 bits per heavy atom. The fourth-order valence-electron chi connectivity index (χ4n) is 3.18. The number of likely N-dealkylation sites (N-methyl/N-ethyl adjacent to an activating group) is 1.